The van der Waals surface area contributed by atoms with E-state index in [0.29, 0.717) is 0 Å². The third-order valence-corrected chi connectivity index (χ3v) is 2.74. The number of carboxylic acid groups (broad SMARTS) is 1. The van der Waals surface area contributed by atoms with Gasteiger partial charge in [0.05, 0.1) is 5.56 Å². The second kappa shape index (κ2) is 4.52. The highest BCUT2D eigenvalue weighted by Crippen LogP contribution is 2.32. The predicted molar refractivity (Wildman–Crippen MR) is 60.3 cm³/mol. The van der Waals surface area contributed by atoms with Crippen molar-refractivity contribution in [1.29, 1.82) is 0 Å². The summed E-state index contributed by atoms with van der Waals surface area (Å²) in [6.07, 6.45) is 1.52. The van der Waals surface area contributed by atoms with Gasteiger partial charge in [-0.05, 0) is 18.8 Å². The third-order valence-electron chi connectivity index (χ3n) is 2.74. The fourth-order valence-corrected chi connectivity index (χ4v) is 1.70. The lowest BCUT2D eigenvalue weighted by Crippen LogP contribution is -2.42. The molecule has 1 saturated carbocycles. The molecule has 1 atom stereocenters. The van der Waals surface area contributed by atoms with Gasteiger partial charge in [0.2, 0.25) is 0 Å². The quantitative estimate of drug-likeness (QED) is 0.585. The molecule has 2 rings (SSSR count). The number of amides is 1. The van der Waals surface area contributed by atoms with Crippen LogP contribution in [0.4, 0.5) is 0 Å². The van der Waals surface area contributed by atoms with E-state index in [1.807, 2.05) is 0 Å². The van der Waals surface area contributed by atoms with Crippen molar-refractivity contribution in [2.45, 2.75) is 18.9 Å². The molecule has 1 unspecified atom stereocenters. The first-order chi connectivity index (χ1) is 8.47. The molecule has 1 aliphatic carbocycles. The first-order valence-electron chi connectivity index (χ1n) is 5.44. The summed E-state index contributed by atoms with van der Waals surface area (Å²) in [6.45, 7) is 0. The number of carbonyl (C=O) groups excluding carboxylic acids is 1. The monoisotopic (exact) mass is 252 g/mol. The Hall–Kier alpha value is -2.31. The van der Waals surface area contributed by atoms with E-state index in [9.17, 15) is 14.4 Å². The Bertz CT molecular complexity index is 547. The Balaban J connectivity index is 2.15. The van der Waals surface area contributed by atoms with E-state index in [0.717, 1.165) is 25.0 Å². The molecule has 0 spiro atoms. The number of aromatic hydroxyl groups is 1. The minimum absolute atomic E-state index is 0.0537. The van der Waals surface area contributed by atoms with Crippen LogP contribution in [0.2, 0.25) is 0 Å². The lowest BCUT2D eigenvalue weighted by molar-refractivity contribution is -0.139. The maximum atomic E-state index is 11.8. The number of hydrogen-bond acceptors (Lipinski definition) is 4. The van der Waals surface area contributed by atoms with Gasteiger partial charge in [-0.2, -0.15) is 0 Å². The maximum absolute atomic E-state index is 11.8. The van der Waals surface area contributed by atoms with Gasteiger partial charge in [0.25, 0.3) is 11.5 Å². The normalized spacial score (nSPS) is 16.0. The van der Waals surface area contributed by atoms with E-state index in [1.165, 1.54) is 0 Å². The summed E-state index contributed by atoms with van der Waals surface area (Å²) in [7, 11) is 0. The SMILES string of the molecule is O=C(NC(C(=O)O)C1CC1)c1cc(O)[nH]c(=O)c1. The van der Waals surface area contributed by atoms with Crippen LogP contribution < -0.4 is 10.9 Å². The van der Waals surface area contributed by atoms with Crippen LogP contribution >= 0.6 is 0 Å². The second-order valence-electron chi connectivity index (χ2n) is 4.25. The first-order valence-corrected chi connectivity index (χ1v) is 5.44. The van der Waals surface area contributed by atoms with Crippen molar-refractivity contribution in [3.63, 3.8) is 0 Å². The predicted octanol–water partition coefficient (Wildman–Crippen LogP) is -0.327. The number of aromatic amines is 1. The second-order valence-corrected chi connectivity index (χ2v) is 4.25. The van der Waals surface area contributed by atoms with Crippen LogP contribution in [-0.4, -0.2) is 33.1 Å². The highest BCUT2D eigenvalue weighted by molar-refractivity contribution is 5.96. The molecule has 1 fully saturated rings. The van der Waals surface area contributed by atoms with Crippen molar-refractivity contribution >= 4 is 11.9 Å². The summed E-state index contributed by atoms with van der Waals surface area (Å²) < 4.78 is 0. The molecule has 1 heterocycles. The molecule has 0 bridgehead atoms. The highest BCUT2D eigenvalue weighted by atomic mass is 16.4. The molecule has 1 aliphatic rings. The van der Waals surface area contributed by atoms with E-state index < -0.39 is 29.4 Å². The molecule has 1 amide bonds. The summed E-state index contributed by atoms with van der Waals surface area (Å²) in [5.74, 6) is -2.27. The van der Waals surface area contributed by atoms with Crippen LogP contribution in [0.15, 0.2) is 16.9 Å². The molecule has 0 aromatic carbocycles. The Morgan fingerprint density at radius 3 is 2.56 bits per heavy atom. The van der Waals surface area contributed by atoms with Crippen molar-refractivity contribution in [2.24, 2.45) is 5.92 Å². The average molecular weight is 252 g/mol. The van der Waals surface area contributed by atoms with Crippen molar-refractivity contribution in [1.82, 2.24) is 10.3 Å². The Morgan fingerprint density at radius 1 is 1.39 bits per heavy atom. The van der Waals surface area contributed by atoms with Crippen LogP contribution in [0.1, 0.15) is 23.2 Å². The van der Waals surface area contributed by atoms with Crippen molar-refractivity contribution in [3.8, 4) is 5.88 Å². The number of H-pyrrole nitrogens is 1. The summed E-state index contributed by atoms with van der Waals surface area (Å²) in [5.41, 5.74) is -0.693. The lowest BCUT2D eigenvalue weighted by atomic mass is 10.1. The largest absolute Gasteiger partial charge is 0.494 e. The molecule has 1 aromatic rings. The zero-order chi connectivity index (χ0) is 13.3. The van der Waals surface area contributed by atoms with E-state index in [-0.39, 0.29) is 11.5 Å². The van der Waals surface area contributed by atoms with Crippen LogP contribution in [0, 0.1) is 5.92 Å². The molecule has 0 aliphatic heterocycles. The number of pyridine rings is 1. The molecule has 0 saturated heterocycles. The van der Waals surface area contributed by atoms with E-state index in [2.05, 4.69) is 10.3 Å². The molecule has 18 heavy (non-hydrogen) atoms. The van der Waals surface area contributed by atoms with Gasteiger partial charge in [0.15, 0.2) is 5.88 Å². The first kappa shape index (κ1) is 12.2. The summed E-state index contributed by atoms with van der Waals surface area (Å²) >= 11 is 0. The number of nitrogens with one attached hydrogen (secondary N) is 2. The topological polar surface area (TPSA) is 119 Å². The molecular formula is C11H12N2O5. The molecule has 7 nitrogen and oxygen atoms in total. The summed E-state index contributed by atoms with van der Waals surface area (Å²) in [4.78, 5) is 35.9. The van der Waals surface area contributed by atoms with Crippen LogP contribution in [0.5, 0.6) is 5.88 Å². The summed E-state index contributed by atoms with van der Waals surface area (Å²) in [5, 5.41) is 20.5. The lowest BCUT2D eigenvalue weighted by Gasteiger charge is -2.13. The zero-order valence-electron chi connectivity index (χ0n) is 9.34. The van der Waals surface area contributed by atoms with E-state index in [1.54, 1.807) is 0 Å². The van der Waals surface area contributed by atoms with Crippen molar-refractivity contribution in [2.75, 3.05) is 0 Å². The van der Waals surface area contributed by atoms with Crippen LogP contribution in [0.3, 0.4) is 0 Å². The van der Waals surface area contributed by atoms with Gasteiger partial charge in [-0.1, -0.05) is 0 Å². The van der Waals surface area contributed by atoms with Gasteiger partial charge >= 0.3 is 5.97 Å². The van der Waals surface area contributed by atoms with E-state index in [4.69, 9.17) is 10.2 Å². The van der Waals surface area contributed by atoms with Crippen LogP contribution in [0.25, 0.3) is 0 Å². The fraction of sp³-hybridized carbons (Fsp3) is 0.364. The zero-order valence-corrected chi connectivity index (χ0v) is 9.34. The maximum Gasteiger partial charge on any atom is 0.326 e. The Labute approximate surface area is 101 Å². The Morgan fingerprint density at radius 2 is 2.06 bits per heavy atom. The Kier molecular flexibility index (Phi) is 3.05. The van der Waals surface area contributed by atoms with Gasteiger partial charge < -0.3 is 15.5 Å². The molecule has 7 heteroatoms. The molecular weight excluding hydrogens is 240 g/mol. The molecule has 0 radical (unpaired) electrons. The number of aromatic nitrogens is 1. The smallest absolute Gasteiger partial charge is 0.326 e. The van der Waals surface area contributed by atoms with Crippen LogP contribution in [-0.2, 0) is 4.79 Å². The number of rotatable bonds is 4. The average Bonchev–Trinajstić information content (AvgIpc) is 3.07. The number of hydrogen-bond donors (Lipinski definition) is 4. The molecule has 4 N–H and O–H groups in total. The van der Waals surface area contributed by atoms with Gasteiger partial charge in [-0.25, -0.2) is 4.79 Å². The van der Waals surface area contributed by atoms with E-state index >= 15 is 0 Å². The number of carboxylic acids is 1. The molecule has 96 valence electrons. The number of aliphatic carboxylic acids is 1. The molecule has 1 aromatic heterocycles. The van der Waals surface area contributed by atoms with Gasteiger partial charge in [0, 0.05) is 12.1 Å². The minimum atomic E-state index is -1.10. The standard InChI is InChI=1S/C11H12N2O5/c14-7-3-6(4-8(15)12-7)10(16)13-9(11(17)18)5-1-2-5/h3-5,9H,1-2H2,(H,13,16)(H,17,18)(H2,12,14,15). The van der Waals surface area contributed by atoms with Crippen molar-refractivity contribution in [3.05, 3.63) is 28.0 Å². The third kappa shape index (κ3) is 2.68. The van der Waals surface area contributed by atoms with Gasteiger partial charge in [0.1, 0.15) is 6.04 Å². The highest BCUT2D eigenvalue weighted by Gasteiger charge is 2.37. The number of carbonyl (C=O) groups is 2. The minimum Gasteiger partial charge on any atom is -0.494 e. The van der Waals surface area contributed by atoms with Gasteiger partial charge in [-0.3, -0.25) is 14.6 Å². The van der Waals surface area contributed by atoms with Gasteiger partial charge in [-0.15, -0.1) is 0 Å². The fourth-order valence-electron chi connectivity index (χ4n) is 1.70. The van der Waals surface area contributed by atoms with Crippen molar-refractivity contribution < 1.29 is 19.8 Å². The summed E-state index contributed by atoms with van der Waals surface area (Å²) in [6, 6.07) is 1.13.